The molecule has 0 atom stereocenters. The quantitative estimate of drug-likeness (QED) is 0.431. The number of carbonyl (C=O) groups is 1. The minimum absolute atomic E-state index is 0.176. The average Bonchev–Trinajstić information content (AvgIpc) is 2.52. The Hall–Kier alpha value is -0.830. The summed E-state index contributed by atoms with van der Waals surface area (Å²) in [5.41, 5.74) is 0.176. The molecule has 1 N–H and O–H groups in total. The van der Waals surface area contributed by atoms with E-state index in [1.165, 1.54) is 20.0 Å². The zero-order valence-electron chi connectivity index (χ0n) is 6.42. The van der Waals surface area contributed by atoms with Crippen LogP contribution < -0.4 is 0 Å². The topological polar surface area (TPSA) is 40.3 Å². The molecule has 0 radical (unpaired) electrons. The van der Waals surface area contributed by atoms with Crippen molar-refractivity contribution < 1.29 is 9.90 Å². The van der Waals surface area contributed by atoms with Gasteiger partial charge < -0.3 is 10.0 Å². The van der Waals surface area contributed by atoms with Crippen molar-refractivity contribution in [3.63, 3.8) is 0 Å². The molecular weight excluding hydrogens is 130 g/mol. The smallest absolute Gasteiger partial charge is 0.330 e. The van der Waals surface area contributed by atoms with Crippen LogP contribution >= 0.6 is 0 Å². The van der Waals surface area contributed by atoms with Crippen molar-refractivity contribution in [2.75, 3.05) is 20.1 Å². The van der Waals surface area contributed by atoms with Gasteiger partial charge in [-0.2, -0.15) is 0 Å². The Morgan fingerprint density at radius 1 is 1.60 bits per heavy atom. The van der Waals surface area contributed by atoms with E-state index in [0.29, 0.717) is 0 Å². The third-order valence-corrected chi connectivity index (χ3v) is 1.04. The molecule has 10 heavy (non-hydrogen) atoms. The predicted molar refractivity (Wildman–Crippen MR) is 39.9 cm³/mol. The monoisotopic (exact) mass is 143 g/mol. The first-order chi connectivity index (χ1) is 4.54. The second kappa shape index (κ2) is 4.06. The fourth-order valence-corrected chi connectivity index (χ4v) is 0.1000. The summed E-state index contributed by atoms with van der Waals surface area (Å²) < 4.78 is 0. The summed E-state index contributed by atoms with van der Waals surface area (Å²) >= 11 is 0. The molecule has 1 aliphatic heterocycles. The highest BCUT2D eigenvalue weighted by molar-refractivity contribution is 5.84. The summed E-state index contributed by atoms with van der Waals surface area (Å²) in [6, 6.07) is 0. The van der Waals surface area contributed by atoms with E-state index >= 15 is 0 Å². The van der Waals surface area contributed by atoms with Crippen LogP contribution in [0.25, 0.3) is 0 Å². The molecule has 3 heteroatoms. The van der Waals surface area contributed by atoms with Crippen LogP contribution in [0.5, 0.6) is 0 Å². The largest absolute Gasteiger partial charge is 0.478 e. The molecule has 0 amide bonds. The van der Waals surface area contributed by atoms with Gasteiger partial charge >= 0.3 is 5.97 Å². The predicted octanol–water partition coefficient (Wildman–Crippen LogP) is 0.579. The highest BCUT2D eigenvalue weighted by Gasteiger charge is 2.07. The molecule has 0 aromatic carbocycles. The van der Waals surface area contributed by atoms with Gasteiger partial charge in [0.1, 0.15) is 0 Å². The van der Waals surface area contributed by atoms with Crippen molar-refractivity contribution >= 4 is 5.97 Å². The molecule has 1 heterocycles. The molecule has 0 aromatic rings. The maximum atomic E-state index is 9.60. The SMILES string of the molecule is C=C(C)C(=O)O.CN1CC1. The lowest BCUT2D eigenvalue weighted by Crippen LogP contribution is -1.92. The van der Waals surface area contributed by atoms with Gasteiger partial charge in [-0.05, 0) is 14.0 Å². The molecule has 1 aliphatic rings. The molecule has 0 unspecified atom stereocenters. The molecule has 1 saturated heterocycles. The van der Waals surface area contributed by atoms with Gasteiger partial charge in [-0.1, -0.05) is 6.58 Å². The summed E-state index contributed by atoms with van der Waals surface area (Å²) in [7, 11) is 2.11. The van der Waals surface area contributed by atoms with Gasteiger partial charge in [-0.25, -0.2) is 4.79 Å². The summed E-state index contributed by atoms with van der Waals surface area (Å²) in [4.78, 5) is 11.8. The number of carboxylic acid groups (broad SMARTS) is 1. The van der Waals surface area contributed by atoms with Crippen LogP contribution in [0, 0.1) is 0 Å². The zero-order chi connectivity index (χ0) is 8.15. The standard InChI is InChI=1S/C4H6O2.C3H7N/c1-3(2)4(5)6;1-4-2-3-4/h1H2,2H3,(H,5,6);2-3H2,1H3. The summed E-state index contributed by atoms with van der Waals surface area (Å²) in [5.74, 6) is -0.935. The first kappa shape index (κ1) is 9.17. The maximum absolute atomic E-state index is 9.60. The van der Waals surface area contributed by atoms with Gasteiger partial charge in [0.15, 0.2) is 0 Å². The van der Waals surface area contributed by atoms with Crippen LogP contribution in [0.3, 0.4) is 0 Å². The lowest BCUT2D eigenvalue weighted by molar-refractivity contribution is -0.132. The number of hydrogen-bond donors (Lipinski definition) is 1. The van der Waals surface area contributed by atoms with E-state index in [9.17, 15) is 4.79 Å². The Morgan fingerprint density at radius 3 is 1.80 bits per heavy atom. The molecule has 1 rings (SSSR count). The van der Waals surface area contributed by atoms with Crippen LogP contribution in [-0.4, -0.2) is 36.1 Å². The fourth-order valence-electron chi connectivity index (χ4n) is 0.1000. The Labute approximate surface area is 61.0 Å². The van der Waals surface area contributed by atoms with E-state index < -0.39 is 5.97 Å². The van der Waals surface area contributed by atoms with Gasteiger partial charge in [-0.3, -0.25) is 0 Å². The first-order valence-electron chi connectivity index (χ1n) is 3.11. The minimum atomic E-state index is -0.935. The highest BCUT2D eigenvalue weighted by atomic mass is 16.4. The highest BCUT2D eigenvalue weighted by Crippen LogP contribution is 1.93. The molecule has 0 aliphatic carbocycles. The lowest BCUT2D eigenvalue weighted by atomic mass is 10.4. The zero-order valence-corrected chi connectivity index (χ0v) is 6.42. The van der Waals surface area contributed by atoms with Crippen LogP contribution in [0.4, 0.5) is 0 Å². The van der Waals surface area contributed by atoms with Crippen molar-refractivity contribution in [1.82, 2.24) is 4.90 Å². The van der Waals surface area contributed by atoms with E-state index in [-0.39, 0.29) is 5.57 Å². The third kappa shape index (κ3) is 7.17. The first-order valence-corrected chi connectivity index (χ1v) is 3.11. The second-order valence-electron chi connectivity index (χ2n) is 2.39. The Morgan fingerprint density at radius 2 is 1.80 bits per heavy atom. The van der Waals surface area contributed by atoms with E-state index in [4.69, 9.17) is 5.11 Å². The number of likely N-dealkylation sites (N-methyl/N-ethyl adjacent to an activating group) is 1. The molecule has 0 saturated carbocycles. The van der Waals surface area contributed by atoms with Crippen LogP contribution in [0.15, 0.2) is 12.2 Å². The van der Waals surface area contributed by atoms with Crippen molar-refractivity contribution in [2.24, 2.45) is 0 Å². The number of rotatable bonds is 1. The fraction of sp³-hybridized carbons (Fsp3) is 0.571. The van der Waals surface area contributed by atoms with E-state index in [0.717, 1.165) is 0 Å². The number of hydrogen-bond acceptors (Lipinski definition) is 2. The van der Waals surface area contributed by atoms with Crippen LogP contribution in [0.1, 0.15) is 6.92 Å². The van der Waals surface area contributed by atoms with Crippen molar-refractivity contribution in [3.05, 3.63) is 12.2 Å². The second-order valence-corrected chi connectivity index (χ2v) is 2.39. The molecule has 58 valence electrons. The number of nitrogens with zero attached hydrogens (tertiary/aromatic N) is 1. The Bertz CT molecular complexity index is 127. The molecule has 3 nitrogen and oxygen atoms in total. The van der Waals surface area contributed by atoms with Gasteiger partial charge in [0.2, 0.25) is 0 Å². The minimum Gasteiger partial charge on any atom is -0.478 e. The summed E-state index contributed by atoms with van der Waals surface area (Å²) in [5, 5.41) is 7.89. The summed E-state index contributed by atoms with van der Waals surface area (Å²) in [6.45, 7) is 7.24. The molecule has 1 fully saturated rings. The van der Waals surface area contributed by atoms with Gasteiger partial charge in [0, 0.05) is 18.7 Å². The van der Waals surface area contributed by atoms with Crippen LogP contribution in [0.2, 0.25) is 0 Å². The number of carboxylic acids is 1. The maximum Gasteiger partial charge on any atom is 0.330 e. The normalized spacial score (nSPS) is 15.0. The lowest BCUT2D eigenvalue weighted by Gasteiger charge is -1.79. The van der Waals surface area contributed by atoms with Gasteiger partial charge in [-0.15, -0.1) is 0 Å². The van der Waals surface area contributed by atoms with E-state index in [2.05, 4.69) is 18.5 Å². The Balaban J connectivity index is 0.000000172. The molecule has 0 aromatic heterocycles. The Kier molecular flexibility index (Phi) is 3.72. The van der Waals surface area contributed by atoms with E-state index in [1.807, 2.05) is 0 Å². The van der Waals surface area contributed by atoms with Crippen LogP contribution in [-0.2, 0) is 4.79 Å². The number of aliphatic carboxylic acids is 1. The molecular formula is C7H13NO2. The van der Waals surface area contributed by atoms with Crippen molar-refractivity contribution in [2.45, 2.75) is 6.92 Å². The van der Waals surface area contributed by atoms with E-state index in [1.54, 1.807) is 0 Å². The van der Waals surface area contributed by atoms with Crippen molar-refractivity contribution in [1.29, 1.82) is 0 Å². The van der Waals surface area contributed by atoms with Gasteiger partial charge in [0.25, 0.3) is 0 Å². The third-order valence-electron chi connectivity index (χ3n) is 1.04. The molecule has 0 bridgehead atoms. The summed E-state index contributed by atoms with van der Waals surface area (Å²) in [6.07, 6.45) is 0. The van der Waals surface area contributed by atoms with Gasteiger partial charge in [0.05, 0.1) is 0 Å². The average molecular weight is 143 g/mol. The molecule has 0 spiro atoms. The van der Waals surface area contributed by atoms with Crippen molar-refractivity contribution in [3.8, 4) is 0 Å².